The zero-order valence-electron chi connectivity index (χ0n) is 16.2. The smallest absolute Gasteiger partial charge is 0.0155 e. The molecule has 0 aromatic heterocycles. The second-order valence-electron chi connectivity index (χ2n) is 7.29. The predicted octanol–water partition coefficient (Wildman–Crippen LogP) is 7.74. The number of rotatable bonds is 0. The van der Waals surface area contributed by atoms with E-state index in [1.54, 1.807) is 0 Å². The fourth-order valence-electron chi connectivity index (χ4n) is 3.73. The van der Waals surface area contributed by atoms with Crippen LogP contribution >= 0.6 is 0 Å². The van der Waals surface area contributed by atoms with E-state index in [1.165, 1.54) is 50.2 Å². The van der Waals surface area contributed by atoms with Gasteiger partial charge in [0.2, 0.25) is 0 Å². The third-order valence-electron chi connectivity index (χ3n) is 5.23. The zero-order valence-corrected chi connectivity index (χ0v) is 16.2. The maximum Gasteiger partial charge on any atom is -0.0155 e. The van der Waals surface area contributed by atoms with Gasteiger partial charge in [0, 0.05) is 0 Å². The highest BCUT2D eigenvalue weighted by molar-refractivity contribution is 5.64. The summed E-state index contributed by atoms with van der Waals surface area (Å²) in [5, 5.41) is 0. The summed E-state index contributed by atoms with van der Waals surface area (Å²) in [6, 6.07) is 0. The monoisotopic (exact) mass is 364 g/mol. The van der Waals surface area contributed by atoms with E-state index in [4.69, 9.17) is 0 Å². The van der Waals surface area contributed by atoms with Crippen molar-refractivity contribution in [2.75, 3.05) is 0 Å². The Balaban J connectivity index is 0.000000118. The molecule has 0 heteroatoms. The van der Waals surface area contributed by atoms with Gasteiger partial charge in [0.15, 0.2) is 0 Å². The molecule has 0 saturated heterocycles. The summed E-state index contributed by atoms with van der Waals surface area (Å²) in [4.78, 5) is 0. The van der Waals surface area contributed by atoms with Crippen LogP contribution in [0.2, 0.25) is 0 Å². The van der Waals surface area contributed by atoms with Gasteiger partial charge in [0.05, 0.1) is 0 Å². The van der Waals surface area contributed by atoms with Crippen LogP contribution < -0.4 is 0 Å². The van der Waals surface area contributed by atoms with Crippen molar-refractivity contribution < 1.29 is 0 Å². The average molecular weight is 365 g/mol. The highest BCUT2D eigenvalue weighted by Gasteiger charge is 2.11. The van der Waals surface area contributed by atoms with Crippen molar-refractivity contribution in [3.05, 3.63) is 141 Å². The van der Waals surface area contributed by atoms with Gasteiger partial charge in [0.1, 0.15) is 0 Å². The van der Waals surface area contributed by atoms with Crippen molar-refractivity contribution in [2.45, 2.75) is 28.2 Å². The third-order valence-corrected chi connectivity index (χ3v) is 5.23. The molecule has 6 aliphatic carbocycles. The van der Waals surface area contributed by atoms with E-state index in [2.05, 4.69) is 112 Å². The molecule has 0 unspecified atom stereocenters. The van der Waals surface area contributed by atoms with E-state index >= 15 is 0 Å². The lowest BCUT2D eigenvalue weighted by atomic mass is 10.1. The van der Waals surface area contributed by atoms with Crippen molar-refractivity contribution in [1.82, 2.24) is 0 Å². The van der Waals surface area contributed by atoms with Gasteiger partial charge in [-0.15, -0.1) is 0 Å². The first-order valence-corrected chi connectivity index (χ1v) is 9.46. The molecule has 0 radical (unpaired) electrons. The van der Waals surface area contributed by atoms with Crippen molar-refractivity contribution in [1.29, 1.82) is 0 Å². The van der Waals surface area contributed by atoms with Crippen molar-refractivity contribution in [2.24, 2.45) is 0 Å². The highest BCUT2D eigenvalue weighted by atomic mass is 14.2. The number of hydrogen-bond donors (Lipinski definition) is 0. The van der Waals surface area contributed by atoms with Gasteiger partial charge in [-0.1, -0.05) is 98.6 Å². The largest absolute Gasteiger partial charge is 0.0776 e. The molecule has 0 aliphatic heterocycles. The van der Waals surface area contributed by atoms with E-state index in [0.717, 1.165) is 0 Å². The second-order valence-corrected chi connectivity index (χ2v) is 7.29. The van der Waals surface area contributed by atoms with Crippen LogP contribution in [-0.4, -0.2) is 0 Å². The molecule has 0 spiro atoms. The molecule has 6 rings (SSSR count). The number of allylic oxidation sites excluding steroid dienone is 24. The van der Waals surface area contributed by atoms with Crippen molar-refractivity contribution in [3.63, 3.8) is 0 Å². The molecule has 0 nitrogen and oxygen atoms in total. The van der Waals surface area contributed by atoms with Crippen LogP contribution in [0, 0.1) is 0 Å². The molecule has 0 fully saturated rings. The van der Waals surface area contributed by atoms with Crippen LogP contribution in [0.25, 0.3) is 0 Å². The molecule has 28 heavy (non-hydrogen) atoms. The maximum atomic E-state index is 2.20. The van der Waals surface area contributed by atoms with Crippen molar-refractivity contribution in [3.8, 4) is 0 Å². The zero-order chi connectivity index (χ0) is 18.8. The third kappa shape index (κ3) is 3.92. The Morgan fingerprint density at radius 1 is 0.536 bits per heavy atom. The minimum absolute atomic E-state index is 0. The molecule has 0 bridgehead atoms. The number of hydrogen-bond acceptors (Lipinski definition) is 0. The SMILES string of the molecule is C.CC1=C2C=CC=C2C=C1.CC1=CC2=CC=CC2=C1.CC1=CC=C2C=CC=C12. The van der Waals surface area contributed by atoms with Gasteiger partial charge >= 0.3 is 0 Å². The van der Waals surface area contributed by atoms with E-state index in [-0.39, 0.29) is 7.43 Å². The molecule has 0 saturated carbocycles. The number of fused-ring (bicyclic) bond motifs is 3. The molecular weight excluding hydrogens is 336 g/mol. The summed E-state index contributed by atoms with van der Waals surface area (Å²) in [5.74, 6) is 0. The molecule has 0 atom stereocenters. The van der Waals surface area contributed by atoms with E-state index < -0.39 is 0 Å². The highest BCUT2D eigenvalue weighted by Crippen LogP contribution is 2.30. The van der Waals surface area contributed by atoms with E-state index in [1.807, 2.05) is 0 Å². The average Bonchev–Trinajstić information content (AvgIpc) is 3.42. The van der Waals surface area contributed by atoms with Crippen LogP contribution in [0.3, 0.4) is 0 Å². The Bertz CT molecular complexity index is 1050. The fraction of sp³-hybridized carbons (Fsp3) is 0.143. The molecule has 0 aromatic rings. The first kappa shape index (κ1) is 19.6. The van der Waals surface area contributed by atoms with Crippen LogP contribution in [0.5, 0.6) is 0 Å². The normalized spacial score (nSPS) is 20.5. The van der Waals surface area contributed by atoms with Crippen LogP contribution in [-0.2, 0) is 0 Å². The molecule has 0 amide bonds. The summed E-state index contributed by atoms with van der Waals surface area (Å²) in [7, 11) is 0. The Labute approximate surface area is 169 Å². The quantitative estimate of drug-likeness (QED) is 0.412. The lowest BCUT2D eigenvalue weighted by Crippen LogP contribution is -1.76. The molecule has 6 aliphatic rings. The Morgan fingerprint density at radius 2 is 1.25 bits per heavy atom. The Kier molecular flexibility index (Phi) is 5.80. The van der Waals surface area contributed by atoms with E-state index in [9.17, 15) is 0 Å². The Hall–Kier alpha value is -3.12. The van der Waals surface area contributed by atoms with Crippen LogP contribution in [0.1, 0.15) is 28.2 Å². The molecule has 0 heterocycles. The van der Waals surface area contributed by atoms with Crippen LogP contribution in [0.4, 0.5) is 0 Å². The Morgan fingerprint density at radius 3 is 2.00 bits per heavy atom. The molecule has 140 valence electrons. The van der Waals surface area contributed by atoms with Gasteiger partial charge in [0.25, 0.3) is 0 Å². The van der Waals surface area contributed by atoms with Gasteiger partial charge in [-0.05, 0) is 70.9 Å². The van der Waals surface area contributed by atoms with Gasteiger partial charge < -0.3 is 0 Å². The minimum atomic E-state index is 0. The summed E-state index contributed by atoms with van der Waals surface area (Å²) >= 11 is 0. The lowest BCUT2D eigenvalue weighted by molar-refractivity contribution is 1.46. The topological polar surface area (TPSA) is 0 Å². The minimum Gasteiger partial charge on any atom is -0.0776 e. The van der Waals surface area contributed by atoms with Gasteiger partial charge in [-0.2, -0.15) is 0 Å². The first-order valence-electron chi connectivity index (χ1n) is 9.46. The standard InChI is InChI=1S/3C9H8.CH4/c1-7-5-8-3-2-4-9(8)6-7;2*1-7-5-6-8-3-2-4-9(7)8;/h3*2-6H,1H3;1H4. The molecular formula is C28H28. The predicted molar refractivity (Wildman–Crippen MR) is 124 cm³/mol. The summed E-state index contributed by atoms with van der Waals surface area (Å²) in [6.45, 7) is 6.41. The summed E-state index contributed by atoms with van der Waals surface area (Å²) < 4.78 is 0. The lowest BCUT2D eigenvalue weighted by Gasteiger charge is -1.94. The second kappa shape index (κ2) is 8.27. The molecule has 0 aromatic carbocycles. The van der Waals surface area contributed by atoms with Crippen LogP contribution in [0.15, 0.2) is 141 Å². The van der Waals surface area contributed by atoms with E-state index in [0.29, 0.717) is 0 Å². The van der Waals surface area contributed by atoms with Gasteiger partial charge in [-0.3, -0.25) is 0 Å². The maximum absolute atomic E-state index is 2.20. The summed E-state index contributed by atoms with van der Waals surface area (Å²) in [5.41, 5.74) is 12.4. The van der Waals surface area contributed by atoms with Crippen molar-refractivity contribution >= 4 is 0 Å². The first-order chi connectivity index (χ1) is 13.1. The van der Waals surface area contributed by atoms with Gasteiger partial charge in [-0.25, -0.2) is 0 Å². The fourth-order valence-corrected chi connectivity index (χ4v) is 3.73. The molecule has 0 N–H and O–H groups in total. The summed E-state index contributed by atoms with van der Waals surface area (Å²) in [6.07, 6.45) is 32.2.